The maximum Gasteiger partial charge on any atom is 0.191 e. The van der Waals surface area contributed by atoms with Crippen LogP contribution in [-0.4, -0.2) is 31.4 Å². The zero-order chi connectivity index (χ0) is 21.5. The highest BCUT2D eigenvalue weighted by Gasteiger charge is 2.24. The number of imidazole rings is 1. The van der Waals surface area contributed by atoms with E-state index in [4.69, 9.17) is 10.1 Å². The van der Waals surface area contributed by atoms with Crippen molar-refractivity contribution >= 4 is 22.3 Å². The summed E-state index contributed by atoms with van der Waals surface area (Å²) in [4.78, 5) is 11.1. The fraction of sp³-hybridized carbons (Fsp3) is 0.348. The molecule has 4 aromatic rings. The van der Waals surface area contributed by atoms with Gasteiger partial charge in [-0.1, -0.05) is 6.07 Å². The molecule has 0 saturated heterocycles. The third-order valence-electron chi connectivity index (χ3n) is 5.82. The number of thiazole rings is 1. The molecule has 31 heavy (non-hydrogen) atoms. The summed E-state index contributed by atoms with van der Waals surface area (Å²) in [6.45, 7) is 4.83. The first-order valence-corrected chi connectivity index (χ1v) is 11.5. The van der Waals surface area contributed by atoms with E-state index in [-0.39, 0.29) is 5.82 Å². The average Bonchev–Trinajstić information content (AvgIpc) is 3.51. The van der Waals surface area contributed by atoms with Crippen LogP contribution in [0.1, 0.15) is 36.7 Å². The van der Waals surface area contributed by atoms with E-state index in [1.165, 1.54) is 24.1 Å². The fourth-order valence-corrected chi connectivity index (χ4v) is 5.06. The van der Waals surface area contributed by atoms with Gasteiger partial charge in [0.1, 0.15) is 11.6 Å². The number of aromatic nitrogens is 5. The summed E-state index contributed by atoms with van der Waals surface area (Å²) in [7, 11) is 2.05. The number of aryl methyl sites for hydroxylation is 3. The van der Waals surface area contributed by atoms with Crippen molar-refractivity contribution in [1.29, 1.82) is 0 Å². The molecule has 0 bridgehead atoms. The summed E-state index contributed by atoms with van der Waals surface area (Å²) in [6.07, 6.45) is 7.96. The van der Waals surface area contributed by atoms with Gasteiger partial charge < -0.3 is 9.47 Å². The fourth-order valence-electron chi connectivity index (χ4n) is 4.26. The second-order valence-electron chi connectivity index (χ2n) is 7.93. The summed E-state index contributed by atoms with van der Waals surface area (Å²) in [6, 6.07) is 5.23. The Morgan fingerprint density at radius 1 is 1.23 bits per heavy atom. The van der Waals surface area contributed by atoms with Gasteiger partial charge in [0, 0.05) is 36.3 Å². The molecule has 1 aromatic carbocycles. The van der Waals surface area contributed by atoms with Gasteiger partial charge in [-0.25, -0.2) is 19.0 Å². The number of hydrogen-bond donors (Lipinski definition) is 0. The third kappa shape index (κ3) is 3.54. The largest absolute Gasteiger partial charge is 0.305 e. The summed E-state index contributed by atoms with van der Waals surface area (Å²) in [5, 5.41) is 7.70. The van der Waals surface area contributed by atoms with E-state index in [9.17, 15) is 4.39 Å². The lowest BCUT2D eigenvalue weighted by molar-refractivity contribution is 0.618. The Morgan fingerprint density at radius 3 is 2.81 bits per heavy atom. The molecular weight excluding hydrogens is 411 g/mol. The number of anilines is 2. The van der Waals surface area contributed by atoms with E-state index in [0.29, 0.717) is 5.69 Å². The maximum absolute atomic E-state index is 14.8. The molecule has 3 heterocycles. The van der Waals surface area contributed by atoms with Crippen LogP contribution in [-0.2, 0) is 19.4 Å². The van der Waals surface area contributed by atoms with Crippen LogP contribution >= 0.6 is 11.3 Å². The van der Waals surface area contributed by atoms with Gasteiger partial charge in [0.15, 0.2) is 5.13 Å². The number of hydrogen-bond acceptors (Lipinski definition) is 5. The molecule has 0 spiro atoms. The second kappa shape index (κ2) is 7.92. The molecule has 0 amide bonds. The van der Waals surface area contributed by atoms with E-state index in [1.54, 1.807) is 34.4 Å². The van der Waals surface area contributed by atoms with Gasteiger partial charge in [-0.05, 0) is 51.7 Å². The van der Waals surface area contributed by atoms with Gasteiger partial charge >= 0.3 is 0 Å². The highest BCUT2D eigenvalue weighted by atomic mass is 32.1. The Balaban J connectivity index is 1.46. The van der Waals surface area contributed by atoms with Crippen molar-refractivity contribution in [3.05, 3.63) is 58.9 Å². The summed E-state index contributed by atoms with van der Waals surface area (Å²) in [5.74, 6) is 0.839. The first-order valence-electron chi connectivity index (χ1n) is 10.6. The van der Waals surface area contributed by atoms with Crippen LogP contribution in [0.3, 0.4) is 0 Å². The highest BCUT2D eigenvalue weighted by Crippen LogP contribution is 2.36. The van der Waals surface area contributed by atoms with Crippen LogP contribution in [0.5, 0.6) is 0 Å². The highest BCUT2D eigenvalue weighted by molar-refractivity contribution is 7.14. The molecule has 8 heteroatoms. The molecule has 0 fully saturated rings. The van der Waals surface area contributed by atoms with Crippen LogP contribution in [0.2, 0.25) is 0 Å². The third-order valence-corrected chi connectivity index (χ3v) is 6.74. The molecule has 0 radical (unpaired) electrons. The van der Waals surface area contributed by atoms with Crippen molar-refractivity contribution in [3.63, 3.8) is 0 Å². The van der Waals surface area contributed by atoms with Crippen molar-refractivity contribution in [1.82, 2.24) is 24.3 Å². The average molecular weight is 437 g/mol. The maximum atomic E-state index is 14.8. The van der Waals surface area contributed by atoms with Gasteiger partial charge in [-0.2, -0.15) is 5.10 Å². The zero-order valence-electron chi connectivity index (χ0n) is 18.0. The lowest BCUT2D eigenvalue weighted by Crippen LogP contribution is -2.16. The van der Waals surface area contributed by atoms with E-state index in [1.807, 2.05) is 31.6 Å². The number of fused-ring (bicyclic) bond motifs is 1. The Morgan fingerprint density at radius 2 is 2.06 bits per heavy atom. The summed E-state index contributed by atoms with van der Waals surface area (Å²) < 4.78 is 18.6. The molecular formula is C23H25FN6S. The van der Waals surface area contributed by atoms with Crippen molar-refractivity contribution in [2.45, 2.75) is 46.1 Å². The predicted molar refractivity (Wildman–Crippen MR) is 122 cm³/mol. The van der Waals surface area contributed by atoms with E-state index in [0.717, 1.165) is 47.3 Å². The van der Waals surface area contributed by atoms with Crippen molar-refractivity contribution < 1.29 is 4.39 Å². The monoisotopic (exact) mass is 436 g/mol. The molecule has 3 aromatic heterocycles. The van der Waals surface area contributed by atoms with Crippen LogP contribution < -0.4 is 4.90 Å². The van der Waals surface area contributed by atoms with Gasteiger partial charge in [-0.3, -0.25) is 0 Å². The number of rotatable bonds is 5. The minimum absolute atomic E-state index is 0.295. The number of nitrogens with zero attached hydrogens (tertiary/aromatic N) is 6. The van der Waals surface area contributed by atoms with Crippen LogP contribution in [0.15, 0.2) is 36.1 Å². The van der Waals surface area contributed by atoms with Gasteiger partial charge in [0.05, 0.1) is 29.1 Å². The van der Waals surface area contributed by atoms with E-state index < -0.39 is 0 Å². The topological polar surface area (TPSA) is 51.8 Å². The second-order valence-corrected chi connectivity index (χ2v) is 8.77. The summed E-state index contributed by atoms with van der Waals surface area (Å²) in [5.41, 5.74) is 5.44. The Hall–Kier alpha value is -3.00. The quantitative estimate of drug-likeness (QED) is 0.426. The lowest BCUT2D eigenvalue weighted by Gasteiger charge is -2.20. The SMILES string of the molecule is CCn1nc2c(c1N(C)c1nc(-c3ccc(-n4cnc(C)c4)c(F)c3)cs1)CCCC2. The Kier molecular flexibility index (Phi) is 5.09. The van der Waals surface area contributed by atoms with Crippen molar-refractivity contribution in [2.24, 2.45) is 0 Å². The molecule has 1 aliphatic rings. The normalized spacial score (nSPS) is 13.4. The summed E-state index contributed by atoms with van der Waals surface area (Å²) >= 11 is 1.57. The molecule has 0 N–H and O–H groups in total. The van der Waals surface area contributed by atoms with E-state index in [2.05, 4.69) is 21.5 Å². The van der Waals surface area contributed by atoms with Crippen LogP contribution in [0.4, 0.5) is 15.3 Å². The molecule has 0 atom stereocenters. The molecule has 160 valence electrons. The molecule has 0 unspecified atom stereocenters. The molecule has 5 rings (SSSR count). The number of benzene rings is 1. The molecule has 1 aliphatic carbocycles. The molecule has 0 aliphatic heterocycles. The predicted octanol–water partition coefficient (Wildman–Crippen LogP) is 5.31. The van der Waals surface area contributed by atoms with Crippen molar-refractivity contribution in [3.8, 4) is 16.9 Å². The van der Waals surface area contributed by atoms with E-state index >= 15 is 0 Å². The van der Waals surface area contributed by atoms with Gasteiger partial charge in [0.2, 0.25) is 0 Å². The minimum atomic E-state index is -0.295. The first-order chi connectivity index (χ1) is 15.0. The van der Waals surface area contributed by atoms with Crippen molar-refractivity contribution in [2.75, 3.05) is 11.9 Å². The van der Waals surface area contributed by atoms with Gasteiger partial charge in [0.25, 0.3) is 0 Å². The first kappa shape index (κ1) is 19.9. The standard InChI is InChI=1S/C23H25FN6S/c1-4-30-22(17-7-5-6-8-19(17)27-30)28(3)23-26-20(13-31-23)16-9-10-21(18(24)11-16)29-12-15(2)25-14-29/h9-14H,4-8H2,1-3H3. The lowest BCUT2D eigenvalue weighted by atomic mass is 9.97. The van der Waals surface area contributed by atoms with Crippen LogP contribution in [0, 0.1) is 12.7 Å². The van der Waals surface area contributed by atoms with Crippen LogP contribution in [0.25, 0.3) is 16.9 Å². The smallest absolute Gasteiger partial charge is 0.191 e. The minimum Gasteiger partial charge on any atom is -0.305 e. The Bertz CT molecular complexity index is 1240. The molecule has 0 saturated carbocycles. The Labute approximate surface area is 185 Å². The zero-order valence-corrected chi connectivity index (χ0v) is 18.8. The number of halogens is 1. The van der Waals surface area contributed by atoms with Gasteiger partial charge in [-0.15, -0.1) is 11.3 Å². The molecule has 6 nitrogen and oxygen atoms in total.